The quantitative estimate of drug-likeness (QED) is 0.443. The van der Waals surface area contributed by atoms with E-state index in [9.17, 15) is 22.4 Å². The van der Waals surface area contributed by atoms with Crippen molar-refractivity contribution in [3.8, 4) is 0 Å². The number of carbonyl (C=O) groups is 1. The largest absolute Gasteiger partial charge is 0.463 e. The molecule has 5 rings (SSSR count). The molecule has 4 heterocycles. The summed E-state index contributed by atoms with van der Waals surface area (Å²) in [6.07, 6.45) is 1.57. The highest BCUT2D eigenvalue weighted by Gasteiger charge is 2.57. The Hall–Kier alpha value is -2.87. The number of halogens is 4. The van der Waals surface area contributed by atoms with Gasteiger partial charge in [0.2, 0.25) is 0 Å². The van der Waals surface area contributed by atoms with Crippen LogP contribution in [0, 0.1) is 18.6 Å². The normalized spacial score (nSPS) is 25.5. The van der Waals surface area contributed by atoms with Gasteiger partial charge in [-0.15, -0.1) is 11.3 Å². The number of likely N-dealkylation sites (tertiary alicyclic amines) is 1. The van der Waals surface area contributed by atoms with Gasteiger partial charge >= 0.3 is 5.97 Å². The molecule has 0 spiro atoms. The van der Waals surface area contributed by atoms with Gasteiger partial charge in [0, 0.05) is 23.8 Å². The van der Waals surface area contributed by atoms with Crippen molar-refractivity contribution in [3.63, 3.8) is 0 Å². The van der Waals surface area contributed by atoms with Crippen LogP contribution in [0.1, 0.15) is 29.1 Å². The van der Waals surface area contributed by atoms with Gasteiger partial charge in [-0.3, -0.25) is 14.7 Å². The van der Waals surface area contributed by atoms with E-state index in [0.29, 0.717) is 5.01 Å². The maximum atomic E-state index is 14.6. The van der Waals surface area contributed by atoms with E-state index < -0.39 is 48.2 Å². The number of thiazole rings is 1. The average molecular weight is 526 g/mol. The smallest absolute Gasteiger partial charge is 0.338 e. The predicted octanol–water partition coefficient (Wildman–Crippen LogP) is 2.86. The minimum Gasteiger partial charge on any atom is -0.463 e. The number of nitrogens with one attached hydrogen (secondary N) is 2. The van der Waals surface area contributed by atoms with E-state index in [1.54, 1.807) is 18.5 Å². The molecule has 192 valence electrons. The van der Waals surface area contributed by atoms with Gasteiger partial charge in [0.15, 0.2) is 22.5 Å². The molecule has 8 nitrogen and oxygen atoms in total. The molecule has 3 aliphatic rings. The van der Waals surface area contributed by atoms with Crippen molar-refractivity contribution in [2.75, 3.05) is 26.3 Å². The minimum absolute atomic E-state index is 0.0218. The van der Waals surface area contributed by atoms with Crippen LogP contribution < -0.4 is 10.8 Å². The van der Waals surface area contributed by atoms with Gasteiger partial charge < -0.3 is 10.1 Å². The first-order chi connectivity index (χ1) is 17.2. The zero-order chi connectivity index (χ0) is 25.6. The first-order valence-electron chi connectivity index (χ1n) is 11.3. The molecule has 36 heavy (non-hydrogen) atoms. The number of aliphatic imine (C=N–C) groups is 1. The Balaban J connectivity index is 1.63. The van der Waals surface area contributed by atoms with Gasteiger partial charge in [-0.1, -0.05) is 6.07 Å². The van der Waals surface area contributed by atoms with E-state index in [1.807, 2.05) is 0 Å². The molecule has 0 unspecified atom stereocenters. The molecule has 2 aromatic rings. The summed E-state index contributed by atoms with van der Waals surface area (Å²) in [5.74, 6) is -5.60. The summed E-state index contributed by atoms with van der Waals surface area (Å²) >= 11 is 1.28. The highest BCUT2D eigenvalue weighted by molar-refractivity contribution is 7.11. The Bertz CT molecular complexity index is 1240. The van der Waals surface area contributed by atoms with Crippen molar-refractivity contribution >= 4 is 23.1 Å². The van der Waals surface area contributed by atoms with Crippen LogP contribution in [0.2, 0.25) is 0 Å². The lowest BCUT2D eigenvalue weighted by atomic mass is 9.92. The molecule has 0 amide bonds. The molecule has 2 N–H and O–H groups in total. The Labute approximate surface area is 208 Å². The molecular weight excluding hydrogens is 502 g/mol. The number of rotatable bonds is 6. The molecule has 13 heteroatoms. The summed E-state index contributed by atoms with van der Waals surface area (Å²) in [7, 11) is 0. The fourth-order valence-corrected chi connectivity index (χ4v) is 5.34. The van der Waals surface area contributed by atoms with E-state index in [0.717, 1.165) is 6.07 Å². The number of benzene rings is 1. The van der Waals surface area contributed by atoms with Gasteiger partial charge in [0.25, 0.3) is 5.92 Å². The van der Waals surface area contributed by atoms with E-state index >= 15 is 0 Å². The van der Waals surface area contributed by atoms with E-state index in [1.165, 1.54) is 29.2 Å². The lowest BCUT2D eigenvalue weighted by Gasteiger charge is -2.31. The van der Waals surface area contributed by atoms with Gasteiger partial charge in [0.1, 0.15) is 12.1 Å². The Kier molecular flexibility index (Phi) is 6.57. The first kappa shape index (κ1) is 24.8. The highest BCUT2D eigenvalue weighted by Crippen LogP contribution is 2.39. The van der Waals surface area contributed by atoms with Gasteiger partial charge in [-0.05, 0) is 31.0 Å². The third-order valence-corrected chi connectivity index (χ3v) is 7.26. The molecule has 3 aliphatic heterocycles. The van der Waals surface area contributed by atoms with Crippen LogP contribution >= 0.6 is 11.3 Å². The molecule has 1 aromatic heterocycles. The van der Waals surface area contributed by atoms with Gasteiger partial charge in [0.05, 0.1) is 31.4 Å². The zero-order valence-electron chi connectivity index (χ0n) is 19.4. The number of hydrogen-bond donors (Lipinski definition) is 2. The third kappa shape index (κ3) is 4.29. The molecule has 2 saturated heterocycles. The topological polar surface area (TPSA) is 88.1 Å². The number of ether oxygens (including phenoxy) is 1. The number of fused-ring (bicyclic) bond motifs is 1. The van der Waals surface area contributed by atoms with Crippen molar-refractivity contribution in [1.82, 2.24) is 20.7 Å². The fraction of sp³-hybridized carbons (Fsp3) is 0.435. The monoisotopic (exact) mass is 525 g/mol. The summed E-state index contributed by atoms with van der Waals surface area (Å²) in [4.78, 5) is 28.7. The molecule has 0 bridgehead atoms. The second kappa shape index (κ2) is 9.54. The molecular formula is C23H23F4N5O3S. The number of hydrogen-bond acceptors (Lipinski definition) is 9. The van der Waals surface area contributed by atoms with Crippen LogP contribution in [0.5, 0.6) is 0 Å². The molecule has 0 saturated carbocycles. The Morgan fingerprint density at radius 2 is 2.17 bits per heavy atom. The van der Waals surface area contributed by atoms with Crippen molar-refractivity contribution in [3.05, 3.63) is 62.7 Å². The standard InChI is InChI=1S/C23H23F4N5O3S/c1-3-34-22(33)16-14(8-32-10-23(26,27)19-15(32)9-35-31-19)29-20(21-28-6-7-36-21)30-18(16)12-4-5-13(24)17(25)11(12)2/h4-7,15,18-19,31H,3,8-10H2,1-2H3,(H,29,30)/t15-,18+,19+/m0/s1. The van der Waals surface area contributed by atoms with Crippen molar-refractivity contribution < 1.29 is 31.9 Å². The maximum Gasteiger partial charge on any atom is 0.338 e. The van der Waals surface area contributed by atoms with Crippen LogP contribution in [0.3, 0.4) is 0 Å². The molecule has 3 atom stereocenters. The highest BCUT2D eigenvalue weighted by atomic mass is 32.1. The molecule has 2 fully saturated rings. The van der Waals surface area contributed by atoms with Gasteiger partial charge in [-0.2, -0.15) is 5.48 Å². The van der Waals surface area contributed by atoms with Crippen LogP contribution in [0.25, 0.3) is 0 Å². The summed E-state index contributed by atoms with van der Waals surface area (Å²) in [6, 6.07) is -0.578. The number of amidine groups is 1. The number of alkyl halides is 2. The second-order valence-electron chi connectivity index (χ2n) is 8.67. The lowest BCUT2D eigenvalue weighted by molar-refractivity contribution is -0.139. The SMILES string of the molecule is CCOC(=O)C1=C(CN2CC(F)(F)[C@@H]3NOC[C@@H]32)NC(c2nccs2)=N[C@@H]1c1ccc(F)c(F)c1C. The van der Waals surface area contributed by atoms with E-state index in [-0.39, 0.29) is 48.0 Å². The third-order valence-electron chi connectivity index (χ3n) is 6.48. The van der Waals surface area contributed by atoms with Crippen LogP contribution in [0.15, 0.2) is 40.0 Å². The average Bonchev–Trinajstić information content (AvgIpc) is 3.58. The predicted molar refractivity (Wildman–Crippen MR) is 122 cm³/mol. The Morgan fingerprint density at radius 3 is 2.89 bits per heavy atom. The number of carbonyl (C=O) groups excluding carboxylic acids is 1. The number of esters is 1. The molecule has 1 aromatic carbocycles. The number of aromatic nitrogens is 1. The van der Waals surface area contributed by atoms with Crippen LogP contribution in [-0.4, -0.2) is 66.0 Å². The van der Waals surface area contributed by atoms with Crippen molar-refractivity contribution in [1.29, 1.82) is 0 Å². The minimum atomic E-state index is -3.05. The van der Waals surface area contributed by atoms with Crippen LogP contribution in [-0.2, 0) is 14.4 Å². The summed E-state index contributed by atoms with van der Waals surface area (Å²) in [5.41, 5.74) is 2.92. The summed E-state index contributed by atoms with van der Waals surface area (Å²) in [6.45, 7) is 2.47. The van der Waals surface area contributed by atoms with E-state index in [4.69, 9.17) is 9.57 Å². The van der Waals surface area contributed by atoms with Gasteiger partial charge in [-0.25, -0.2) is 27.3 Å². The van der Waals surface area contributed by atoms with Crippen LogP contribution in [0.4, 0.5) is 17.6 Å². The Morgan fingerprint density at radius 1 is 1.36 bits per heavy atom. The molecule has 0 aliphatic carbocycles. The summed E-state index contributed by atoms with van der Waals surface area (Å²) < 4.78 is 63.0. The number of nitrogens with zero attached hydrogens (tertiary/aromatic N) is 3. The second-order valence-corrected chi connectivity index (χ2v) is 9.57. The number of hydroxylamine groups is 1. The zero-order valence-corrected chi connectivity index (χ0v) is 20.2. The fourth-order valence-electron chi connectivity index (χ4n) is 4.75. The van der Waals surface area contributed by atoms with E-state index in [2.05, 4.69) is 20.8 Å². The maximum absolute atomic E-state index is 14.6. The van der Waals surface area contributed by atoms with Crippen molar-refractivity contribution in [2.45, 2.75) is 37.9 Å². The molecule has 0 radical (unpaired) electrons. The first-order valence-corrected chi connectivity index (χ1v) is 12.2. The lowest BCUT2D eigenvalue weighted by Crippen LogP contribution is -2.43. The summed E-state index contributed by atoms with van der Waals surface area (Å²) in [5, 5.41) is 5.30. The van der Waals surface area contributed by atoms with Crippen molar-refractivity contribution in [2.24, 2.45) is 4.99 Å².